The highest BCUT2D eigenvalue weighted by Crippen LogP contribution is 2.24. The third-order valence-corrected chi connectivity index (χ3v) is 2.93. The van der Waals surface area contributed by atoms with Crippen molar-refractivity contribution < 1.29 is 9.66 Å². The van der Waals surface area contributed by atoms with E-state index in [0.717, 1.165) is 11.1 Å². The van der Waals surface area contributed by atoms with Gasteiger partial charge >= 0.3 is 0 Å². The lowest BCUT2D eigenvalue weighted by Gasteiger charge is -2.13. The van der Waals surface area contributed by atoms with Gasteiger partial charge in [-0.3, -0.25) is 10.1 Å². The third kappa shape index (κ3) is 3.33. The fourth-order valence-electron chi connectivity index (χ4n) is 1.91. The molecule has 5 heteroatoms. The van der Waals surface area contributed by atoms with Crippen molar-refractivity contribution in [3.8, 4) is 5.75 Å². The summed E-state index contributed by atoms with van der Waals surface area (Å²) < 4.78 is 5.72. The number of nitro groups is 1. The second-order valence-electron chi connectivity index (χ2n) is 4.54. The summed E-state index contributed by atoms with van der Waals surface area (Å²) in [6, 6.07) is 13.8. The smallest absolute Gasteiger partial charge is 0.269 e. The van der Waals surface area contributed by atoms with Crippen molar-refractivity contribution in [3.63, 3.8) is 0 Å². The summed E-state index contributed by atoms with van der Waals surface area (Å²) in [5, 5.41) is 10.7. The maximum Gasteiger partial charge on any atom is 0.269 e. The van der Waals surface area contributed by atoms with E-state index in [9.17, 15) is 10.1 Å². The number of nitrogens with two attached hydrogens (primary N) is 1. The van der Waals surface area contributed by atoms with Crippen LogP contribution < -0.4 is 10.5 Å². The lowest BCUT2D eigenvalue weighted by molar-refractivity contribution is -0.384. The SMILES string of the molecule is C[C@@H](N)c1ccccc1OCc1cccc([N+](=O)[O-])c1. The van der Waals surface area contributed by atoms with Gasteiger partial charge in [-0.25, -0.2) is 0 Å². The molecule has 0 aliphatic carbocycles. The van der Waals surface area contributed by atoms with Crippen molar-refractivity contribution in [2.45, 2.75) is 19.6 Å². The van der Waals surface area contributed by atoms with Gasteiger partial charge in [0.2, 0.25) is 0 Å². The Bertz CT molecular complexity index is 612. The van der Waals surface area contributed by atoms with Gasteiger partial charge in [0.1, 0.15) is 12.4 Å². The normalized spacial score (nSPS) is 11.9. The van der Waals surface area contributed by atoms with E-state index >= 15 is 0 Å². The van der Waals surface area contributed by atoms with Crippen LogP contribution in [0.3, 0.4) is 0 Å². The van der Waals surface area contributed by atoms with Crippen molar-refractivity contribution >= 4 is 5.69 Å². The van der Waals surface area contributed by atoms with Crippen LogP contribution in [0.1, 0.15) is 24.1 Å². The van der Waals surface area contributed by atoms with Gasteiger partial charge in [0.15, 0.2) is 0 Å². The molecular weight excluding hydrogens is 256 g/mol. The molecule has 20 heavy (non-hydrogen) atoms. The van der Waals surface area contributed by atoms with Gasteiger partial charge in [-0.1, -0.05) is 30.3 Å². The minimum atomic E-state index is -0.417. The Morgan fingerprint density at radius 2 is 2.00 bits per heavy atom. The van der Waals surface area contributed by atoms with Crippen molar-refractivity contribution in [2.75, 3.05) is 0 Å². The zero-order valence-corrected chi connectivity index (χ0v) is 11.2. The molecule has 0 aromatic heterocycles. The topological polar surface area (TPSA) is 78.4 Å². The quantitative estimate of drug-likeness (QED) is 0.669. The van der Waals surface area contributed by atoms with Crippen LogP contribution in [0, 0.1) is 10.1 Å². The predicted octanol–water partition coefficient (Wildman–Crippen LogP) is 3.19. The van der Waals surface area contributed by atoms with Crippen molar-refractivity contribution in [3.05, 3.63) is 69.8 Å². The first-order chi connectivity index (χ1) is 9.58. The Morgan fingerprint density at radius 3 is 2.70 bits per heavy atom. The highest BCUT2D eigenvalue weighted by Gasteiger charge is 2.09. The largest absolute Gasteiger partial charge is 0.489 e. The summed E-state index contributed by atoms with van der Waals surface area (Å²) in [5.74, 6) is 0.703. The van der Waals surface area contributed by atoms with Crippen LogP contribution >= 0.6 is 0 Å². The van der Waals surface area contributed by atoms with Gasteiger partial charge in [-0.15, -0.1) is 0 Å². The second-order valence-corrected chi connectivity index (χ2v) is 4.54. The van der Waals surface area contributed by atoms with E-state index in [4.69, 9.17) is 10.5 Å². The fourth-order valence-corrected chi connectivity index (χ4v) is 1.91. The van der Waals surface area contributed by atoms with Crippen LogP contribution in [0.2, 0.25) is 0 Å². The van der Waals surface area contributed by atoms with E-state index in [1.54, 1.807) is 12.1 Å². The van der Waals surface area contributed by atoms with Gasteiger partial charge in [0.05, 0.1) is 4.92 Å². The lowest BCUT2D eigenvalue weighted by Crippen LogP contribution is -2.08. The van der Waals surface area contributed by atoms with E-state index < -0.39 is 4.92 Å². The first kappa shape index (κ1) is 14.0. The first-order valence-electron chi connectivity index (χ1n) is 6.28. The Hall–Kier alpha value is -2.40. The molecule has 0 heterocycles. The molecule has 2 rings (SSSR count). The zero-order valence-electron chi connectivity index (χ0n) is 11.2. The Balaban J connectivity index is 2.13. The van der Waals surface area contributed by atoms with Crippen LogP contribution in [0.4, 0.5) is 5.69 Å². The monoisotopic (exact) mass is 272 g/mol. The summed E-state index contributed by atoms with van der Waals surface area (Å²) in [7, 11) is 0. The van der Waals surface area contributed by atoms with Crippen molar-refractivity contribution in [1.82, 2.24) is 0 Å². The van der Waals surface area contributed by atoms with E-state index in [1.165, 1.54) is 12.1 Å². The number of non-ortho nitro benzene ring substituents is 1. The zero-order chi connectivity index (χ0) is 14.5. The minimum Gasteiger partial charge on any atom is -0.489 e. The molecule has 2 aromatic rings. The van der Waals surface area contributed by atoms with Crippen molar-refractivity contribution in [2.24, 2.45) is 5.73 Å². The predicted molar refractivity (Wildman–Crippen MR) is 76.5 cm³/mol. The number of ether oxygens (including phenoxy) is 1. The molecule has 2 N–H and O–H groups in total. The summed E-state index contributed by atoms with van der Waals surface area (Å²) in [4.78, 5) is 10.3. The van der Waals surface area contributed by atoms with Crippen LogP contribution in [0.5, 0.6) is 5.75 Å². The van der Waals surface area contributed by atoms with Gasteiger partial charge in [0.25, 0.3) is 5.69 Å². The molecule has 0 fully saturated rings. The number of hydrogen-bond acceptors (Lipinski definition) is 4. The minimum absolute atomic E-state index is 0.0616. The number of para-hydroxylation sites is 1. The van der Waals surface area contributed by atoms with Crippen molar-refractivity contribution in [1.29, 1.82) is 0 Å². The van der Waals surface area contributed by atoms with Gasteiger partial charge in [-0.2, -0.15) is 0 Å². The number of rotatable bonds is 5. The summed E-state index contributed by atoms with van der Waals surface area (Å²) in [6.07, 6.45) is 0. The number of nitro benzene ring substituents is 1. The molecule has 0 spiro atoms. The molecule has 0 saturated heterocycles. The summed E-state index contributed by atoms with van der Waals surface area (Å²) in [6.45, 7) is 2.15. The fraction of sp³-hybridized carbons (Fsp3) is 0.200. The van der Waals surface area contributed by atoms with Gasteiger partial charge < -0.3 is 10.5 Å². The maximum absolute atomic E-state index is 10.7. The molecule has 0 aliphatic heterocycles. The number of benzene rings is 2. The molecule has 0 amide bonds. The molecule has 104 valence electrons. The Kier molecular flexibility index (Phi) is 4.32. The standard InChI is InChI=1S/C15H16N2O3/c1-11(16)14-7-2-3-8-15(14)20-10-12-5-4-6-13(9-12)17(18)19/h2-9,11H,10,16H2,1H3/t11-/m1/s1. The summed E-state index contributed by atoms with van der Waals surface area (Å²) >= 11 is 0. The second kappa shape index (κ2) is 6.16. The van der Waals surface area contributed by atoms with Gasteiger partial charge in [0, 0.05) is 23.7 Å². The lowest BCUT2D eigenvalue weighted by atomic mass is 10.1. The molecular formula is C15H16N2O3. The molecule has 0 unspecified atom stereocenters. The highest BCUT2D eigenvalue weighted by atomic mass is 16.6. The van der Waals surface area contributed by atoms with Crippen LogP contribution in [-0.2, 0) is 6.61 Å². The average molecular weight is 272 g/mol. The summed E-state index contributed by atoms with van der Waals surface area (Å²) in [5.41, 5.74) is 7.60. The molecule has 0 aliphatic rings. The number of hydrogen-bond donors (Lipinski definition) is 1. The first-order valence-corrected chi connectivity index (χ1v) is 6.28. The Morgan fingerprint density at radius 1 is 1.25 bits per heavy atom. The molecule has 0 saturated carbocycles. The van der Waals surface area contributed by atoms with Crippen LogP contribution in [0.15, 0.2) is 48.5 Å². The highest BCUT2D eigenvalue weighted by molar-refractivity contribution is 5.37. The van der Waals surface area contributed by atoms with E-state index in [2.05, 4.69) is 0 Å². The maximum atomic E-state index is 10.7. The third-order valence-electron chi connectivity index (χ3n) is 2.93. The molecule has 5 nitrogen and oxygen atoms in total. The van der Waals surface area contributed by atoms with Crippen LogP contribution in [0.25, 0.3) is 0 Å². The Labute approximate surface area is 117 Å². The van der Waals surface area contributed by atoms with Crippen LogP contribution in [-0.4, -0.2) is 4.92 Å². The van der Waals surface area contributed by atoms with Gasteiger partial charge in [-0.05, 0) is 18.6 Å². The average Bonchev–Trinajstić information content (AvgIpc) is 2.45. The van der Waals surface area contributed by atoms with E-state index in [1.807, 2.05) is 31.2 Å². The van der Waals surface area contributed by atoms with E-state index in [-0.39, 0.29) is 18.3 Å². The number of nitrogens with zero attached hydrogens (tertiary/aromatic N) is 1. The molecule has 0 radical (unpaired) electrons. The molecule has 0 bridgehead atoms. The molecule has 1 atom stereocenters. The van der Waals surface area contributed by atoms with E-state index in [0.29, 0.717) is 5.75 Å². The molecule has 2 aromatic carbocycles.